The minimum atomic E-state index is 0.171. The molecule has 1 heterocycles. The second kappa shape index (κ2) is 3.50. The predicted octanol–water partition coefficient (Wildman–Crippen LogP) is 1.88. The monoisotopic (exact) mass is 195 g/mol. The van der Waals surface area contributed by atoms with E-state index in [0.29, 0.717) is 12.5 Å². The van der Waals surface area contributed by atoms with Gasteiger partial charge in [0.05, 0.1) is 6.42 Å². The Labute approximate surface area is 82.0 Å². The Bertz CT molecular complexity index is 314. The van der Waals surface area contributed by atoms with Gasteiger partial charge in [-0.15, -0.1) is 11.3 Å². The first-order valence-corrected chi connectivity index (χ1v) is 5.40. The molecule has 1 N–H and O–H groups in total. The molecular formula is C10H13NOS. The van der Waals surface area contributed by atoms with Gasteiger partial charge >= 0.3 is 0 Å². The van der Waals surface area contributed by atoms with Crippen molar-refractivity contribution in [3.05, 3.63) is 21.9 Å². The second-order valence-electron chi connectivity index (χ2n) is 3.53. The molecule has 2 nitrogen and oxygen atoms in total. The van der Waals surface area contributed by atoms with Gasteiger partial charge in [-0.05, 0) is 31.9 Å². The van der Waals surface area contributed by atoms with E-state index in [-0.39, 0.29) is 5.91 Å². The number of hydrogen-bond acceptors (Lipinski definition) is 2. The van der Waals surface area contributed by atoms with Crippen LogP contribution in [0.15, 0.2) is 12.1 Å². The fourth-order valence-corrected chi connectivity index (χ4v) is 2.13. The highest BCUT2D eigenvalue weighted by Gasteiger charge is 2.23. The van der Waals surface area contributed by atoms with E-state index in [0.717, 1.165) is 17.7 Å². The van der Waals surface area contributed by atoms with Crippen molar-refractivity contribution in [1.82, 2.24) is 5.32 Å². The molecule has 0 radical (unpaired) electrons. The van der Waals surface area contributed by atoms with Crippen molar-refractivity contribution in [2.75, 3.05) is 0 Å². The second-order valence-corrected chi connectivity index (χ2v) is 4.90. The van der Waals surface area contributed by atoms with E-state index in [2.05, 4.69) is 18.3 Å². The normalized spacial score (nSPS) is 15.8. The van der Waals surface area contributed by atoms with Crippen LogP contribution in [0.25, 0.3) is 0 Å². The summed E-state index contributed by atoms with van der Waals surface area (Å²) in [6.45, 7) is 2.06. The SMILES string of the molecule is Cc1ccc(CC(=O)NC2CC2)s1. The summed E-state index contributed by atoms with van der Waals surface area (Å²) in [7, 11) is 0. The molecule has 0 aromatic carbocycles. The molecule has 2 rings (SSSR count). The molecular weight excluding hydrogens is 182 g/mol. The van der Waals surface area contributed by atoms with Gasteiger partial charge in [0.1, 0.15) is 0 Å². The first-order valence-electron chi connectivity index (χ1n) is 4.59. The summed E-state index contributed by atoms with van der Waals surface area (Å²) in [5.41, 5.74) is 0. The lowest BCUT2D eigenvalue weighted by Crippen LogP contribution is -2.26. The van der Waals surface area contributed by atoms with Crippen LogP contribution in [0.1, 0.15) is 22.6 Å². The van der Waals surface area contributed by atoms with Crippen molar-refractivity contribution < 1.29 is 4.79 Å². The average molecular weight is 195 g/mol. The molecule has 13 heavy (non-hydrogen) atoms. The first-order chi connectivity index (χ1) is 6.24. The van der Waals surface area contributed by atoms with Crippen LogP contribution in [0, 0.1) is 6.92 Å². The fraction of sp³-hybridized carbons (Fsp3) is 0.500. The maximum atomic E-state index is 11.4. The molecule has 0 saturated heterocycles. The Balaban J connectivity index is 1.85. The maximum absolute atomic E-state index is 11.4. The Hall–Kier alpha value is -0.830. The average Bonchev–Trinajstić information content (AvgIpc) is 2.76. The largest absolute Gasteiger partial charge is 0.353 e. The van der Waals surface area contributed by atoms with E-state index in [4.69, 9.17) is 0 Å². The lowest BCUT2D eigenvalue weighted by molar-refractivity contribution is -0.120. The minimum absolute atomic E-state index is 0.171. The topological polar surface area (TPSA) is 29.1 Å². The third kappa shape index (κ3) is 2.56. The number of thiophene rings is 1. The molecule has 1 aliphatic rings. The third-order valence-corrected chi connectivity index (χ3v) is 3.07. The fourth-order valence-electron chi connectivity index (χ4n) is 1.24. The summed E-state index contributed by atoms with van der Waals surface area (Å²) in [5.74, 6) is 0.171. The minimum Gasteiger partial charge on any atom is -0.353 e. The van der Waals surface area contributed by atoms with Crippen LogP contribution < -0.4 is 5.32 Å². The van der Waals surface area contributed by atoms with Crippen LogP contribution >= 0.6 is 11.3 Å². The molecule has 0 unspecified atom stereocenters. The van der Waals surface area contributed by atoms with Crippen LogP contribution in [-0.2, 0) is 11.2 Å². The number of amides is 1. The zero-order chi connectivity index (χ0) is 9.26. The molecule has 1 aromatic rings. The Morgan fingerprint density at radius 2 is 2.38 bits per heavy atom. The van der Waals surface area contributed by atoms with E-state index >= 15 is 0 Å². The van der Waals surface area contributed by atoms with E-state index in [9.17, 15) is 4.79 Å². The molecule has 1 amide bonds. The molecule has 0 atom stereocenters. The van der Waals surface area contributed by atoms with Gasteiger partial charge in [0.25, 0.3) is 0 Å². The van der Waals surface area contributed by atoms with Crippen molar-refractivity contribution >= 4 is 17.2 Å². The highest BCUT2D eigenvalue weighted by molar-refractivity contribution is 7.12. The van der Waals surface area contributed by atoms with Gasteiger partial charge in [-0.25, -0.2) is 0 Å². The predicted molar refractivity (Wildman–Crippen MR) is 53.9 cm³/mol. The Morgan fingerprint density at radius 3 is 2.92 bits per heavy atom. The van der Waals surface area contributed by atoms with Gasteiger partial charge in [0.15, 0.2) is 0 Å². The number of nitrogens with one attached hydrogen (secondary N) is 1. The van der Waals surface area contributed by atoms with Gasteiger partial charge in [-0.2, -0.15) is 0 Å². The van der Waals surface area contributed by atoms with E-state index in [1.807, 2.05) is 6.07 Å². The molecule has 0 aliphatic heterocycles. The summed E-state index contributed by atoms with van der Waals surface area (Å²) < 4.78 is 0. The van der Waals surface area contributed by atoms with Crippen LogP contribution in [0.3, 0.4) is 0 Å². The van der Waals surface area contributed by atoms with Crippen LogP contribution in [0.5, 0.6) is 0 Å². The van der Waals surface area contributed by atoms with Crippen molar-refractivity contribution in [2.45, 2.75) is 32.2 Å². The zero-order valence-electron chi connectivity index (χ0n) is 7.67. The molecule has 1 aliphatic carbocycles. The van der Waals surface area contributed by atoms with Crippen molar-refractivity contribution in [2.24, 2.45) is 0 Å². The van der Waals surface area contributed by atoms with Gasteiger partial charge in [-0.3, -0.25) is 4.79 Å². The molecule has 0 spiro atoms. The highest BCUT2D eigenvalue weighted by atomic mass is 32.1. The summed E-state index contributed by atoms with van der Waals surface area (Å²) >= 11 is 1.70. The first kappa shape index (κ1) is 8.75. The van der Waals surface area contributed by atoms with Crippen molar-refractivity contribution in [3.63, 3.8) is 0 Å². The standard InChI is InChI=1S/C10H13NOS/c1-7-2-5-9(13-7)6-10(12)11-8-3-4-8/h2,5,8H,3-4,6H2,1H3,(H,11,12). The van der Waals surface area contributed by atoms with E-state index in [1.165, 1.54) is 4.88 Å². The summed E-state index contributed by atoms with van der Waals surface area (Å²) in [6.07, 6.45) is 2.87. The summed E-state index contributed by atoms with van der Waals surface area (Å²) in [5, 5.41) is 2.98. The molecule has 1 saturated carbocycles. The van der Waals surface area contributed by atoms with Crippen LogP contribution in [0.2, 0.25) is 0 Å². The van der Waals surface area contributed by atoms with Gasteiger partial charge in [0.2, 0.25) is 5.91 Å². The number of hydrogen-bond donors (Lipinski definition) is 1. The lowest BCUT2D eigenvalue weighted by atomic mass is 10.3. The lowest BCUT2D eigenvalue weighted by Gasteiger charge is -2.00. The summed E-state index contributed by atoms with van der Waals surface area (Å²) in [6, 6.07) is 4.57. The Morgan fingerprint density at radius 1 is 1.62 bits per heavy atom. The van der Waals surface area contributed by atoms with Gasteiger partial charge in [-0.1, -0.05) is 0 Å². The van der Waals surface area contributed by atoms with Gasteiger partial charge < -0.3 is 5.32 Å². The number of aryl methyl sites for hydroxylation is 1. The smallest absolute Gasteiger partial charge is 0.225 e. The molecule has 1 fully saturated rings. The number of rotatable bonds is 3. The van der Waals surface area contributed by atoms with Crippen molar-refractivity contribution in [3.8, 4) is 0 Å². The number of carbonyl (C=O) groups is 1. The quantitative estimate of drug-likeness (QED) is 0.784. The molecule has 0 bridgehead atoms. The van der Waals surface area contributed by atoms with Crippen molar-refractivity contribution in [1.29, 1.82) is 0 Å². The van der Waals surface area contributed by atoms with Crippen LogP contribution in [0.4, 0.5) is 0 Å². The van der Waals surface area contributed by atoms with Crippen LogP contribution in [-0.4, -0.2) is 11.9 Å². The third-order valence-electron chi connectivity index (χ3n) is 2.07. The molecule has 3 heteroatoms. The Kier molecular flexibility index (Phi) is 2.36. The maximum Gasteiger partial charge on any atom is 0.225 e. The van der Waals surface area contributed by atoms with Gasteiger partial charge in [0, 0.05) is 15.8 Å². The molecule has 70 valence electrons. The molecule has 1 aromatic heterocycles. The van der Waals surface area contributed by atoms with E-state index in [1.54, 1.807) is 11.3 Å². The highest BCUT2D eigenvalue weighted by Crippen LogP contribution is 2.20. The number of carbonyl (C=O) groups excluding carboxylic acids is 1. The zero-order valence-corrected chi connectivity index (χ0v) is 8.49. The van der Waals surface area contributed by atoms with E-state index < -0.39 is 0 Å². The summed E-state index contributed by atoms with van der Waals surface area (Å²) in [4.78, 5) is 13.8.